The minimum Gasteiger partial charge on any atom is -0.348 e. The smallest absolute Gasteiger partial charge is 0.243 e. The number of carbonyl (C=O) groups is 1. The SMILES string of the molecule is C=CC(=O)N[C@H](C)[C@@H](C)n1cncn1. The van der Waals surface area contributed by atoms with E-state index in [0.717, 1.165) is 0 Å². The lowest BCUT2D eigenvalue weighted by atomic mass is 10.2. The lowest BCUT2D eigenvalue weighted by Crippen LogP contribution is -2.37. The summed E-state index contributed by atoms with van der Waals surface area (Å²) in [7, 11) is 0. The van der Waals surface area contributed by atoms with Gasteiger partial charge in [-0.15, -0.1) is 0 Å². The molecule has 0 aromatic carbocycles. The quantitative estimate of drug-likeness (QED) is 0.711. The number of carbonyl (C=O) groups excluding carboxylic acids is 1. The Morgan fingerprint density at radius 2 is 2.36 bits per heavy atom. The van der Waals surface area contributed by atoms with Gasteiger partial charge in [-0.25, -0.2) is 9.67 Å². The Hall–Kier alpha value is -1.65. The third-order valence-corrected chi connectivity index (χ3v) is 2.13. The molecule has 14 heavy (non-hydrogen) atoms. The number of nitrogens with zero attached hydrogens (tertiary/aromatic N) is 3. The van der Waals surface area contributed by atoms with Crippen LogP contribution in [0.15, 0.2) is 25.3 Å². The molecule has 5 heteroatoms. The maximum Gasteiger partial charge on any atom is 0.243 e. The summed E-state index contributed by atoms with van der Waals surface area (Å²) in [4.78, 5) is 14.9. The summed E-state index contributed by atoms with van der Waals surface area (Å²) in [5, 5.41) is 6.77. The van der Waals surface area contributed by atoms with E-state index in [2.05, 4.69) is 22.0 Å². The van der Waals surface area contributed by atoms with Crippen molar-refractivity contribution in [2.45, 2.75) is 25.9 Å². The first-order valence-corrected chi connectivity index (χ1v) is 4.42. The van der Waals surface area contributed by atoms with Crippen molar-refractivity contribution < 1.29 is 4.79 Å². The molecule has 2 atom stereocenters. The molecule has 1 N–H and O–H groups in total. The Morgan fingerprint density at radius 1 is 1.64 bits per heavy atom. The third-order valence-electron chi connectivity index (χ3n) is 2.13. The molecule has 1 aromatic heterocycles. The summed E-state index contributed by atoms with van der Waals surface area (Å²) in [6, 6.07) is 0.0589. The predicted octanol–water partition coefficient (Wildman–Crippen LogP) is 0.530. The van der Waals surface area contributed by atoms with Gasteiger partial charge >= 0.3 is 0 Å². The minimum absolute atomic E-state index is 0.0119. The summed E-state index contributed by atoms with van der Waals surface area (Å²) in [5.41, 5.74) is 0. The molecule has 1 heterocycles. The lowest BCUT2D eigenvalue weighted by molar-refractivity contribution is -0.117. The zero-order valence-corrected chi connectivity index (χ0v) is 8.34. The van der Waals surface area contributed by atoms with E-state index in [1.807, 2.05) is 13.8 Å². The highest BCUT2D eigenvalue weighted by Crippen LogP contribution is 2.07. The van der Waals surface area contributed by atoms with Crippen LogP contribution in [0.5, 0.6) is 0 Å². The average molecular weight is 194 g/mol. The number of amides is 1. The average Bonchev–Trinajstić information content (AvgIpc) is 2.69. The van der Waals surface area contributed by atoms with E-state index >= 15 is 0 Å². The van der Waals surface area contributed by atoms with Gasteiger partial charge in [-0.05, 0) is 19.9 Å². The fraction of sp³-hybridized carbons (Fsp3) is 0.444. The molecule has 0 fully saturated rings. The number of nitrogens with one attached hydrogen (secondary N) is 1. The molecular formula is C9H14N4O. The fourth-order valence-electron chi connectivity index (χ4n) is 1.06. The van der Waals surface area contributed by atoms with Gasteiger partial charge < -0.3 is 5.32 Å². The van der Waals surface area contributed by atoms with Crippen molar-refractivity contribution in [1.82, 2.24) is 20.1 Å². The van der Waals surface area contributed by atoms with E-state index in [1.54, 1.807) is 11.0 Å². The monoisotopic (exact) mass is 194 g/mol. The van der Waals surface area contributed by atoms with Crippen LogP contribution in [0.1, 0.15) is 19.9 Å². The maximum absolute atomic E-state index is 11.0. The van der Waals surface area contributed by atoms with E-state index in [1.165, 1.54) is 12.4 Å². The highest BCUT2D eigenvalue weighted by molar-refractivity contribution is 5.87. The second-order valence-corrected chi connectivity index (χ2v) is 3.12. The van der Waals surface area contributed by atoms with Crippen molar-refractivity contribution in [2.75, 3.05) is 0 Å². The Morgan fingerprint density at radius 3 is 2.86 bits per heavy atom. The van der Waals surface area contributed by atoms with Gasteiger partial charge in [-0.2, -0.15) is 5.10 Å². The molecule has 1 rings (SSSR count). The molecular weight excluding hydrogens is 180 g/mol. The lowest BCUT2D eigenvalue weighted by Gasteiger charge is -2.20. The molecule has 0 aliphatic heterocycles. The van der Waals surface area contributed by atoms with Crippen LogP contribution in [0.4, 0.5) is 0 Å². The largest absolute Gasteiger partial charge is 0.348 e. The summed E-state index contributed by atoms with van der Waals surface area (Å²) in [6.45, 7) is 7.26. The molecule has 0 spiro atoms. The second-order valence-electron chi connectivity index (χ2n) is 3.12. The molecule has 5 nitrogen and oxygen atoms in total. The van der Waals surface area contributed by atoms with Gasteiger partial charge in [0.1, 0.15) is 12.7 Å². The maximum atomic E-state index is 11.0. The number of hydrogen-bond acceptors (Lipinski definition) is 3. The molecule has 0 aliphatic rings. The van der Waals surface area contributed by atoms with Gasteiger partial charge in [0.2, 0.25) is 5.91 Å². The number of hydrogen-bond donors (Lipinski definition) is 1. The van der Waals surface area contributed by atoms with Crippen LogP contribution >= 0.6 is 0 Å². The first kappa shape index (κ1) is 10.4. The Labute approximate surface area is 82.8 Å². The van der Waals surface area contributed by atoms with Crippen LogP contribution < -0.4 is 5.32 Å². The fourth-order valence-corrected chi connectivity index (χ4v) is 1.06. The van der Waals surface area contributed by atoms with Crippen LogP contribution in [-0.4, -0.2) is 26.7 Å². The number of rotatable bonds is 4. The molecule has 1 aromatic rings. The van der Waals surface area contributed by atoms with Crippen LogP contribution in [0.25, 0.3) is 0 Å². The van der Waals surface area contributed by atoms with Crippen molar-refractivity contribution in [3.8, 4) is 0 Å². The van der Waals surface area contributed by atoms with Crippen molar-refractivity contribution >= 4 is 5.91 Å². The molecule has 0 saturated carbocycles. The molecule has 0 aliphatic carbocycles. The van der Waals surface area contributed by atoms with Crippen LogP contribution in [0.2, 0.25) is 0 Å². The Bertz CT molecular complexity index is 307. The normalized spacial score (nSPS) is 14.4. The third kappa shape index (κ3) is 2.42. The van der Waals surface area contributed by atoms with Gasteiger partial charge in [0.05, 0.1) is 6.04 Å². The van der Waals surface area contributed by atoms with Crippen LogP contribution in [-0.2, 0) is 4.79 Å². The van der Waals surface area contributed by atoms with Gasteiger partial charge in [-0.1, -0.05) is 6.58 Å². The standard InChI is InChI=1S/C9H14N4O/c1-4-9(14)12-7(2)8(3)13-6-10-5-11-13/h4-8H,1H2,2-3H3,(H,12,14)/t7-,8-/m1/s1. The predicted molar refractivity (Wildman–Crippen MR) is 52.5 cm³/mol. The molecule has 0 bridgehead atoms. The van der Waals surface area contributed by atoms with E-state index in [0.29, 0.717) is 0 Å². The van der Waals surface area contributed by atoms with E-state index in [4.69, 9.17) is 0 Å². The Kier molecular flexibility index (Phi) is 3.39. The summed E-state index contributed by atoms with van der Waals surface area (Å²) < 4.78 is 1.70. The topological polar surface area (TPSA) is 59.8 Å². The van der Waals surface area contributed by atoms with Crippen molar-refractivity contribution in [2.24, 2.45) is 0 Å². The molecule has 1 amide bonds. The zero-order valence-electron chi connectivity index (χ0n) is 8.34. The molecule has 0 unspecified atom stereocenters. The molecule has 0 radical (unpaired) electrons. The molecule has 76 valence electrons. The van der Waals surface area contributed by atoms with Gasteiger partial charge in [0.15, 0.2) is 0 Å². The van der Waals surface area contributed by atoms with E-state index in [-0.39, 0.29) is 18.0 Å². The summed E-state index contributed by atoms with van der Waals surface area (Å²) in [6.07, 6.45) is 4.35. The summed E-state index contributed by atoms with van der Waals surface area (Å²) >= 11 is 0. The highest BCUT2D eigenvalue weighted by atomic mass is 16.1. The highest BCUT2D eigenvalue weighted by Gasteiger charge is 2.15. The second kappa shape index (κ2) is 4.55. The minimum atomic E-state index is -0.176. The first-order chi connectivity index (χ1) is 6.65. The van der Waals surface area contributed by atoms with Gasteiger partial charge in [-0.3, -0.25) is 4.79 Å². The van der Waals surface area contributed by atoms with Crippen molar-refractivity contribution in [3.63, 3.8) is 0 Å². The van der Waals surface area contributed by atoms with Gasteiger partial charge in [0.25, 0.3) is 0 Å². The van der Waals surface area contributed by atoms with Crippen LogP contribution in [0.3, 0.4) is 0 Å². The van der Waals surface area contributed by atoms with Gasteiger partial charge in [0, 0.05) is 6.04 Å². The van der Waals surface area contributed by atoms with E-state index in [9.17, 15) is 4.79 Å². The number of aromatic nitrogens is 3. The van der Waals surface area contributed by atoms with E-state index < -0.39 is 0 Å². The van der Waals surface area contributed by atoms with Crippen molar-refractivity contribution in [3.05, 3.63) is 25.3 Å². The van der Waals surface area contributed by atoms with Crippen LogP contribution in [0, 0.1) is 0 Å². The summed E-state index contributed by atoms with van der Waals surface area (Å²) in [5.74, 6) is -0.176. The van der Waals surface area contributed by atoms with Crippen molar-refractivity contribution in [1.29, 1.82) is 0 Å². The molecule has 0 saturated heterocycles. The zero-order chi connectivity index (χ0) is 10.6. The first-order valence-electron chi connectivity index (χ1n) is 4.42. The Balaban J connectivity index is 2.57.